The highest BCUT2D eigenvalue weighted by molar-refractivity contribution is 9.09. The lowest BCUT2D eigenvalue weighted by Gasteiger charge is -2.63. The third-order valence-electron chi connectivity index (χ3n) is 23.0. The molecule has 18 atom stereocenters. The number of rotatable bonds is 27. The Morgan fingerprint density at radius 1 is 0.585 bits per heavy atom. The molecule has 0 aromatic carbocycles. The van der Waals surface area contributed by atoms with E-state index in [9.17, 15) is 48.1 Å². The number of thiol groups is 1. The van der Waals surface area contributed by atoms with Crippen LogP contribution in [0, 0.1) is 57.2 Å². The van der Waals surface area contributed by atoms with Crippen LogP contribution in [-0.2, 0) is 47.4 Å². The van der Waals surface area contributed by atoms with Crippen molar-refractivity contribution in [3.05, 3.63) is 47.6 Å². The second-order valence-electron chi connectivity index (χ2n) is 28.7. The second kappa shape index (κ2) is 33.0. The molecule has 0 bridgehead atoms. The molecule has 6 saturated carbocycles. The highest BCUT2D eigenvalue weighted by Crippen LogP contribution is 2.74. The summed E-state index contributed by atoms with van der Waals surface area (Å²) in [4.78, 5) is 112. The minimum Gasteiger partial charge on any atom is -0.449 e. The number of hydrogen-bond donors (Lipinski definition) is 7. The normalized spacial score (nSPS) is 37.6. The Morgan fingerprint density at radius 3 is 1.29 bits per heavy atom. The molecule has 0 aromatic rings. The maximum absolute atomic E-state index is 17.6. The standard InChI is InChI=1S/C34H51F2O8PS.C24H30F2O5S.C10H22BrO3P.CH4/c1-5-29(39)44-34(30(40)46-17-13-11-9-7-6-8-10-12-16-45(41,42)43)22(2)18-24-25-20-27(35)26-19-23(37)14-15-31(26,3)33(25,36)28(38)21-32(24,34)4;1-5-19(29)31-24(20(30)32)12(2)8-14-15-10-17(25)16-9-13(27)6-7-21(16,3)23(15,26)18(28)11-22(14,24)4;11-9-7-5-3-1-2-4-6-8-10-15(12,13)14;/h14-15,19,22,24-25,27-28,38H,5-13,16-18,20-21H2,1-4H3,(H2,41,42,43);6-7,9,12,14-15,17-18,28H,5,8,10-11H2,1-4H3,(H,30,32);1-10H2,(H2,12,13,14);1H4/t22-,24+,25+,27+,28+,31+,32+,33+,34+;12-,14+,15+,17+,18+,21+,22+,23+,24+;;/m11../s1. The van der Waals surface area contributed by atoms with Gasteiger partial charge in [-0.1, -0.05) is 166 Å². The number of hydrogen-bond acceptors (Lipinski definition) is 13. The molecule has 94 heavy (non-hydrogen) atoms. The van der Waals surface area contributed by atoms with Crippen molar-refractivity contribution >= 4 is 89.2 Å². The number of aliphatic hydroxyl groups excluding tert-OH is 2. The Hall–Kier alpha value is -2.30. The Balaban J connectivity index is 0.000000288. The zero-order valence-corrected chi connectivity index (χ0v) is 60.5. The summed E-state index contributed by atoms with van der Waals surface area (Å²) in [5.41, 5.74) is -13.0. The molecular formula is C69H107BrF4O16P2S2. The van der Waals surface area contributed by atoms with Gasteiger partial charge in [0.2, 0.25) is 10.2 Å². The molecule has 0 aromatic heterocycles. The van der Waals surface area contributed by atoms with Gasteiger partial charge in [0.15, 0.2) is 34.1 Å². The number of halogens is 5. The molecule has 8 rings (SSSR count). The largest absolute Gasteiger partial charge is 0.449 e. The summed E-state index contributed by atoms with van der Waals surface area (Å²) < 4.78 is 99.3. The monoisotopic (exact) mass is 1470 g/mol. The number of fused-ring (bicyclic) bond motifs is 10. The smallest absolute Gasteiger partial charge is 0.325 e. The van der Waals surface area contributed by atoms with Gasteiger partial charge in [0.05, 0.1) is 12.2 Å². The average Bonchev–Trinajstić information content (AvgIpc) is 1.35. The second-order valence-corrected chi connectivity index (χ2v) is 34.5. The van der Waals surface area contributed by atoms with Gasteiger partial charge >= 0.3 is 27.1 Å². The van der Waals surface area contributed by atoms with Crippen molar-refractivity contribution in [2.75, 3.05) is 23.4 Å². The predicted molar refractivity (Wildman–Crippen MR) is 364 cm³/mol. The van der Waals surface area contributed by atoms with Gasteiger partial charge < -0.3 is 39.3 Å². The maximum Gasteiger partial charge on any atom is 0.325 e. The maximum atomic E-state index is 17.6. The third-order valence-corrected chi connectivity index (χ3v) is 26.7. The minimum absolute atomic E-state index is 0. The van der Waals surface area contributed by atoms with Crippen molar-refractivity contribution in [3.8, 4) is 0 Å². The Labute approximate surface area is 572 Å². The number of ether oxygens (including phenoxy) is 2. The highest BCUT2D eigenvalue weighted by atomic mass is 79.9. The van der Waals surface area contributed by atoms with Crippen LogP contribution in [0.1, 0.15) is 217 Å². The molecule has 16 nitrogen and oxygen atoms in total. The van der Waals surface area contributed by atoms with Gasteiger partial charge in [0.25, 0.3) is 0 Å². The number of carbonyl (C=O) groups is 6. The molecule has 8 aliphatic carbocycles. The molecule has 0 spiro atoms. The number of esters is 2. The molecule has 0 aliphatic heterocycles. The fraction of sp³-hybridized carbons (Fsp3) is 0.797. The van der Waals surface area contributed by atoms with Crippen LogP contribution >= 0.6 is 55.5 Å². The fourth-order valence-corrected chi connectivity index (χ4v) is 21.6. The molecule has 25 heteroatoms. The van der Waals surface area contributed by atoms with E-state index in [1.165, 1.54) is 63.3 Å². The van der Waals surface area contributed by atoms with Crippen LogP contribution in [0.4, 0.5) is 17.6 Å². The van der Waals surface area contributed by atoms with Crippen molar-refractivity contribution in [2.45, 2.75) is 264 Å². The van der Waals surface area contributed by atoms with Gasteiger partial charge in [-0.3, -0.25) is 37.9 Å². The van der Waals surface area contributed by atoms with Crippen LogP contribution in [0.15, 0.2) is 47.6 Å². The molecule has 6 N–H and O–H groups in total. The van der Waals surface area contributed by atoms with E-state index in [0.717, 1.165) is 87.0 Å². The van der Waals surface area contributed by atoms with E-state index in [4.69, 9.17) is 29.0 Å². The van der Waals surface area contributed by atoms with Crippen LogP contribution in [0.2, 0.25) is 0 Å². The first-order valence-electron chi connectivity index (χ1n) is 33.7. The number of aliphatic hydroxyl groups is 2. The molecule has 0 heterocycles. The molecule has 6 fully saturated rings. The Morgan fingerprint density at radius 2 is 0.926 bits per heavy atom. The minimum atomic E-state index is -3.93. The first kappa shape index (κ1) is 82.4. The Kier molecular flexibility index (Phi) is 28.9. The van der Waals surface area contributed by atoms with Crippen LogP contribution in [0.5, 0.6) is 0 Å². The van der Waals surface area contributed by atoms with Crippen molar-refractivity contribution in [1.29, 1.82) is 0 Å². The summed E-state index contributed by atoms with van der Waals surface area (Å²) in [6, 6.07) is 0. The summed E-state index contributed by atoms with van der Waals surface area (Å²) in [6.45, 7) is 13.4. The third kappa shape index (κ3) is 16.2. The quantitative estimate of drug-likeness (QED) is 0.0101. The predicted octanol–water partition coefficient (Wildman–Crippen LogP) is 14.8. The van der Waals surface area contributed by atoms with Gasteiger partial charge in [0, 0.05) is 81.6 Å². The number of ketones is 2. The number of unbranched alkanes of at least 4 members (excludes halogenated alkanes) is 14. The summed E-state index contributed by atoms with van der Waals surface area (Å²) in [6.07, 6.45) is 17.0. The van der Waals surface area contributed by atoms with Gasteiger partial charge in [-0.15, -0.1) is 12.6 Å². The fourth-order valence-electron chi connectivity index (χ4n) is 18.2. The van der Waals surface area contributed by atoms with Crippen molar-refractivity contribution in [1.82, 2.24) is 0 Å². The van der Waals surface area contributed by atoms with E-state index in [-0.39, 0.29) is 74.5 Å². The van der Waals surface area contributed by atoms with Crippen molar-refractivity contribution in [3.63, 3.8) is 0 Å². The van der Waals surface area contributed by atoms with Crippen LogP contribution in [0.25, 0.3) is 0 Å². The molecule has 0 radical (unpaired) electrons. The van der Waals surface area contributed by atoms with Gasteiger partial charge in [-0.05, 0) is 125 Å². The number of alkyl halides is 5. The summed E-state index contributed by atoms with van der Waals surface area (Å²) in [5, 5.41) is 23.1. The lowest BCUT2D eigenvalue weighted by atomic mass is 9.44. The van der Waals surface area contributed by atoms with Crippen LogP contribution in [0.3, 0.4) is 0 Å². The van der Waals surface area contributed by atoms with Crippen LogP contribution < -0.4 is 0 Å². The van der Waals surface area contributed by atoms with Crippen molar-refractivity contribution < 1.29 is 94.7 Å². The number of allylic oxidation sites excluding steroid dienone is 8. The lowest BCUT2D eigenvalue weighted by Crippen LogP contribution is -2.70. The van der Waals surface area contributed by atoms with Crippen LogP contribution in [-0.4, -0.2) is 134 Å². The van der Waals surface area contributed by atoms with Crippen molar-refractivity contribution in [2.24, 2.45) is 57.2 Å². The van der Waals surface area contributed by atoms with E-state index >= 15 is 17.6 Å². The molecular weight excluding hydrogens is 1370 g/mol. The van der Waals surface area contributed by atoms with E-state index in [2.05, 4.69) is 28.6 Å². The lowest BCUT2D eigenvalue weighted by molar-refractivity contribution is -0.228. The van der Waals surface area contributed by atoms with Gasteiger partial charge in [-0.25, -0.2) is 17.6 Å². The number of carbonyl (C=O) groups excluding carboxylic acids is 6. The first-order valence-corrected chi connectivity index (χ1v) is 39.9. The van der Waals surface area contributed by atoms with Gasteiger partial charge in [-0.2, -0.15) is 0 Å². The van der Waals surface area contributed by atoms with E-state index < -0.39 is 148 Å². The van der Waals surface area contributed by atoms with E-state index in [1.54, 1.807) is 41.5 Å². The molecule has 8 aliphatic rings. The van der Waals surface area contributed by atoms with E-state index in [0.29, 0.717) is 31.4 Å². The molecule has 536 valence electrons. The topological polar surface area (TPSA) is 276 Å². The summed E-state index contributed by atoms with van der Waals surface area (Å²) >= 11 is 8.59. The molecule has 0 unspecified atom stereocenters. The van der Waals surface area contributed by atoms with E-state index in [1.807, 2.05) is 6.92 Å². The molecule has 0 saturated heterocycles. The highest BCUT2D eigenvalue weighted by Gasteiger charge is 2.80. The Bertz CT molecular complexity index is 2950. The zero-order valence-electron chi connectivity index (χ0n) is 55.4. The summed E-state index contributed by atoms with van der Waals surface area (Å²) in [5.74, 6) is -5.38. The average molecular weight is 1470 g/mol. The zero-order chi connectivity index (χ0) is 69.6. The molecule has 0 amide bonds. The SMILES string of the molecule is C.CCC(=O)O[C@]1(C(=O)S)[C@H](C)C[C@H]2[C@@H]3C[C@H](F)C4=CC(=O)C=C[C@]4(C)[C@@]3(F)[C@@H](O)C[C@@]21C.CCC(=O)O[C@]1(C(=O)SCCCCCCCCCCP(=O)(O)O)[C@H](C)C[C@H]2[C@@H]3C[C@H](F)C4=CC(=O)C=C[C@]4(C)[C@@]3(F)[C@@H](O)C[C@@]21C.O=P(O)(O)CCCCCCCCCCBr. The number of thioether (sulfide) groups is 1. The first-order chi connectivity index (χ1) is 43.3. The summed E-state index contributed by atoms with van der Waals surface area (Å²) in [7, 11) is -7.67. The van der Waals surface area contributed by atoms with Gasteiger partial charge in [0.1, 0.15) is 12.3 Å².